The van der Waals surface area contributed by atoms with Crippen LogP contribution in [0.25, 0.3) is 10.3 Å². The number of nitrogens with zero attached hydrogens (tertiary/aromatic N) is 4. The van der Waals surface area contributed by atoms with Crippen molar-refractivity contribution in [2.75, 3.05) is 23.3 Å². The number of fused-ring (bicyclic) bond motifs is 1. The molecule has 1 aromatic carbocycles. The molecule has 1 saturated heterocycles. The van der Waals surface area contributed by atoms with E-state index in [0.717, 1.165) is 31.1 Å². The van der Waals surface area contributed by atoms with Crippen LogP contribution in [0.5, 0.6) is 0 Å². The molecule has 0 aliphatic carbocycles. The largest absolute Gasteiger partial charge is 0.348 e. The van der Waals surface area contributed by atoms with Gasteiger partial charge in [-0.15, -0.1) is 0 Å². The lowest BCUT2D eigenvalue weighted by Crippen LogP contribution is -2.41. The van der Waals surface area contributed by atoms with Crippen molar-refractivity contribution in [1.82, 2.24) is 14.1 Å². The molecule has 164 valence electrons. The number of carbonyl (C=O) groups is 1. The number of carbonyl (C=O) groups excluding carboxylic acids is 1. The Labute approximate surface area is 188 Å². The molecule has 0 unspecified atom stereocenters. The Morgan fingerprint density at radius 1 is 1.13 bits per heavy atom. The summed E-state index contributed by atoms with van der Waals surface area (Å²) < 4.78 is 2.92. The summed E-state index contributed by atoms with van der Waals surface area (Å²) >= 11 is 7.19. The predicted molar refractivity (Wildman–Crippen MR) is 125 cm³/mol. The molecule has 8 nitrogen and oxygen atoms in total. The summed E-state index contributed by atoms with van der Waals surface area (Å²) in [5, 5.41) is 4.06. The Kier molecular flexibility index (Phi) is 6.43. The van der Waals surface area contributed by atoms with Gasteiger partial charge in [-0.1, -0.05) is 29.9 Å². The molecule has 1 amide bonds. The highest BCUT2D eigenvalue weighted by molar-refractivity contribution is 7.22. The van der Waals surface area contributed by atoms with E-state index < -0.39 is 5.69 Å². The molecule has 1 aliphatic heterocycles. The predicted octanol–water partition coefficient (Wildman–Crippen LogP) is 3.31. The maximum atomic E-state index is 13.1. The van der Waals surface area contributed by atoms with Gasteiger partial charge in [0.25, 0.3) is 5.56 Å². The Morgan fingerprint density at radius 3 is 2.52 bits per heavy atom. The summed E-state index contributed by atoms with van der Waals surface area (Å²) in [6, 6.07) is 6.73. The average molecular weight is 462 g/mol. The summed E-state index contributed by atoms with van der Waals surface area (Å²) in [4.78, 5) is 45.6. The van der Waals surface area contributed by atoms with Gasteiger partial charge in [0, 0.05) is 30.3 Å². The van der Waals surface area contributed by atoms with Gasteiger partial charge in [-0.25, -0.2) is 9.78 Å². The van der Waals surface area contributed by atoms with Crippen molar-refractivity contribution in [3.8, 4) is 0 Å². The van der Waals surface area contributed by atoms with Crippen molar-refractivity contribution >= 4 is 50.0 Å². The molecule has 10 heteroatoms. The number of anilines is 2. The third kappa shape index (κ3) is 4.52. The van der Waals surface area contributed by atoms with E-state index in [1.807, 2.05) is 6.92 Å². The molecular formula is C21H24ClN5O3S. The molecule has 31 heavy (non-hydrogen) atoms. The number of benzene rings is 1. The molecule has 1 aliphatic rings. The minimum atomic E-state index is -0.513. The molecule has 0 spiro atoms. The summed E-state index contributed by atoms with van der Waals surface area (Å²) in [5.74, 6) is -0.375. The van der Waals surface area contributed by atoms with Crippen LogP contribution in [0.3, 0.4) is 0 Å². The van der Waals surface area contributed by atoms with Crippen molar-refractivity contribution in [3.05, 3.63) is 50.1 Å². The Morgan fingerprint density at radius 2 is 1.84 bits per heavy atom. The van der Waals surface area contributed by atoms with Gasteiger partial charge < -0.3 is 10.2 Å². The molecular weight excluding hydrogens is 438 g/mol. The molecule has 1 N–H and O–H groups in total. The number of rotatable bonds is 6. The normalized spacial score (nSPS) is 14.2. The highest BCUT2D eigenvalue weighted by Crippen LogP contribution is 2.28. The van der Waals surface area contributed by atoms with Crippen LogP contribution >= 0.6 is 22.9 Å². The summed E-state index contributed by atoms with van der Waals surface area (Å²) in [6.45, 7) is 3.72. The minimum absolute atomic E-state index is 0.231. The van der Waals surface area contributed by atoms with Crippen LogP contribution in [0.1, 0.15) is 32.6 Å². The first-order chi connectivity index (χ1) is 15.0. The van der Waals surface area contributed by atoms with Crippen LogP contribution in [0.15, 0.2) is 33.9 Å². The number of nitrogens with one attached hydrogen (secondary N) is 1. The third-order valence-electron chi connectivity index (χ3n) is 5.26. The van der Waals surface area contributed by atoms with Gasteiger partial charge in [0.2, 0.25) is 5.91 Å². The van der Waals surface area contributed by atoms with Gasteiger partial charge in [0.1, 0.15) is 11.2 Å². The van der Waals surface area contributed by atoms with E-state index in [4.69, 9.17) is 11.6 Å². The van der Waals surface area contributed by atoms with Gasteiger partial charge in [-0.2, -0.15) is 0 Å². The Hall–Kier alpha value is -2.65. The number of thiazole rings is 1. The fourth-order valence-corrected chi connectivity index (χ4v) is 4.93. The minimum Gasteiger partial charge on any atom is -0.348 e. The highest BCUT2D eigenvalue weighted by Gasteiger charge is 2.22. The summed E-state index contributed by atoms with van der Waals surface area (Å²) in [7, 11) is 0. The van der Waals surface area contributed by atoms with E-state index >= 15 is 0 Å². The van der Waals surface area contributed by atoms with Crippen molar-refractivity contribution in [3.63, 3.8) is 0 Å². The van der Waals surface area contributed by atoms with Crippen LogP contribution in [0.4, 0.5) is 10.8 Å². The van der Waals surface area contributed by atoms with Crippen LogP contribution in [0, 0.1) is 0 Å². The SMILES string of the molecule is CCCn1c(=O)c2sc(N3CCCCC3)nc2n(CC(=O)Nc2ccc(Cl)cc2)c1=O. The Bertz CT molecular complexity index is 1210. The quantitative estimate of drug-likeness (QED) is 0.608. The van der Waals surface area contributed by atoms with E-state index in [2.05, 4.69) is 15.2 Å². The van der Waals surface area contributed by atoms with E-state index in [1.165, 1.54) is 26.9 Å². The van der Waals surface area contributed by atoms with E-state index in [0.29, 0.717) is 28.4 Å². The lowest BCUT2D eigenvalue weighted by Gasteiger charge is -2.25. The van der Waals surface area contributed by atoms with Gasteiger partial charge in [0.05, 0.1) is 0 Å². The summed E-state index contributed by atoms with van der Waals surface area (Å²) in [6.07, 6.45) is 3.97. The van der Waals surface area contributed by atoms with Gasteiger partial charge >= 0.3 is 5.69 Å². The Balaban J connectivity index is 1.73. The lowest BCUT2D eigenvalue weighted by atomic mass is 10.1. The fraction of sp³-hybridized carbons (Fsp3) is 0.429. The van der Waals surface area contributed by atoms with Crippen LogP contribution in [-0.4, -0.2) is 33.1 Å². The summed E-state index contributed by atoms with van der Waals surface area (Å²) in [5.41, 5.74) is 0.00473. The van der Waals surface area contributed by atoms with Crippen molar-refractivity contribution < 1.29 is 4.79 Å². The molecule has 0 atom stereocenters. The van der Waals surface area contributed by atoms with Crippen molar-refractivity contribution in [1.29, 1.82) is 0 Å². The number of piperidine rings is 1. The number of halogens is 1. The standard InChI is InChI=1S/C21H24ClN5O3S/c1-2-10-26-19(29)17-18(24-20(31-17)25-11-4-3-5-12-25)27(21(26)30)13-16(28)23-15-8-6-14(22)7-9-15/h6-9H,2-5,10-13H2,1H3,(H,23,28). The second-order valence-corrected chi connectivity index (χ2v) is 8.99. The number of hydrogen-bond donors (Lipinski definition) is 1. The average Bonchev–Trinajstić information content (AvgIpc) is 3.22. The zero-order valence-corrected chi connectivity index (χ0v) is 18.8. The fourth-order valence-electron chi connectivity index (χ4n) is 3.73. The highest BCUT2D eigenvalue weighted by atomic mass is 35.5. The zero-order valence-electron chi connectivity index (χ0n) is 17.3. The number of amides is 1. The monoisotopic (exact) mass is 461 g/mol. The number of hydrogen-bond acceptors (Lipinski definition) is 6. The third-order valence-corrected chi connectivity index (χ3v) is 6.60. The molecule has 0 radical (unpaired) electrons. The second-order valence-electron chi connectivity index (χ2n) is 7.58. The molecule has 1 fully saturated rings. The maximum Gasteiger partial charge on any atom is 0.333 e. The first-order valence-corrected chi connectivity index (χ1v) is 11.6. The molecule has 3 aromatic rings. The van der Waals surface area contributed by atoms with E-state index in [1.54, 1.807) is 24.3 Å². The topological polar surface area (TPSA) is 89.2 Å². The van der Waals surface area contributed by atoms with E-state index in [-0.39, 0.29) is 23.7 Å². The first kappa shape index (κ1) is 21.6. The second kappa shape index (κ2) is 9.23. The maximum absolute atomic E-state index is 13.1. The van der Waals surface area contributed by atoms with Gasteiger partial charge in [0.15, 0.2) is 10.8 Å². The van der Waals surface area contributed by atoms with Crippen LogP contribution in [0.2, 0.25) is 5.02 Å². The molecule has 4 rings (SSSR count). The van der Waals surface area contributed by atoms with Crippen LogP contribution in [-0.2, 0) is 17.9 Å². The van der Waals surface area contributed by atoms with Gasteiger partial charge in [-0.05, 0) is 49.9 Å². The molecule has 0 saturated carbocycles. The zero-order chi connectivity index (χ0) is 22.0. The molecule has 0 bridgehead atoms. The molecule has 3 heterocycles. The van der Waals surface area contributed by atoms with Crippen molar-refractivity contribution in [2.45, 2.75) is 45.7 Å². The first-order valence-electron chi connectivity index (χ1n) is 10.4. The van der Waals surface area contributed by atoms with Crippen molar-refractivity contribution in [2.24, 2.45) is 0 Å². The lowest BCUT2D eigenvalue weighted by molar-refractivity contribution is -0.116. The van der Waals surface area contributed by atoms with E-state index in [9.17, 15) is 14.4 Å². The van der Waals surface area contributed by atoms with Gasteiger partial charge in [-0.3, -0.25) is 18.7 Å². The molecule has 2 aromatic heterocycles. The number of aromatic nitrogens is 3. The van der Waals surface area contributed by atoms with Crippen LogP contribution < -0.4 is 21.5 Å². The smallest absolute Gasteiger partial charge is 0.333 e.